The van der Waals surface area contributed by atoms with E-state index in [1.54, 1.807) is 13.0 Å². The zero-order chi connectivity index (χ0) is 19.5. The number of rotatable bonds is 6. The zero-order valence-corrected chi connectivity index (χ0v) is 14.7. The highest BCUT2D eigenvalue weighted by molar-refractivity contribution is 7.91. The first-order valence-electron chi connectivity index (χ1n) is 7.43. The highest BCUT2D eigenvalue weighted by atomic mass is 32.2. The Morgan fingerprint density at radius 2 is 1.73 bits per heavy atom. The number of amides is 1. The molecule has 0 radical (unpaired) electrons. The average Bonchev–Trinajstić information content (AvgIpc) is 2.61. The second kappa shape index (κ2) is 7.77. The molecule has 2 aromatic carbocycles. The van der Waals surface area contributed by atoms with Gasteiger partial charge in [0.05, 0.1) is 18.0 Å². The monoisotopic (exact) mass is 387 g/mol. The van der Waals surface area contributed by atoms with E-state index in [-0.39, 0.29) is 11.3 Å². The first-order valence-corrected chi connectivity index (χ1v) is 8.98. The van der Waals surface area contributed by atoms with Crippen molar-refractivity contribution in [3.8, 4) is 5.75 Å². The van der Waals surface area contributed by atoms with Crippen LogP contribution in [0.25, 0.3) is 0 Å². The number of alkyl halides is 2. The quantitative estimate of drug-likeness (QED) is 0.825. The summed E-state index contributed by atoms with van der Waals surface area (Å²) in [5.74, 6) is -4.60. The van der Waals surface area contributed by atoms with Crippen LogP contribution in [-0.4, -0.2) is 27.2 Å². The normalized spacial score (nSPS) is 12.7. The minimum atomic E-state index is -4.72. The molecule has 0 aliphatic rings. The summed E-state index contributed by atoms with van der Waals surface area (Å²) in [4.78, 5) is 11.6. The number of ether oxygens (including phenoxy) is 1. The predicted molar refractivity (Wildman–Crippen MR) is 88.5 cm³/mol. The highest BCUT2D eigenvalue weighted by Gasteiger charge is 2.26. The number of hydrogen-bond acceptors (Lipinski definition) is 4. The topological polar surface area (TPSA) is 72.5 Å². The summed E-state index contributed by atoms with van der Waals surface area (Å²) in [6.45, 7) is 1.63. The number of sulfone groups is 1. The lowest BCUT2D eigenvalue weighted by Gasteiger charge is -2.15. The van der Waals surface area contributed by atoms with Crippen LogP contribution in [0, 0.1) is 5.82 Å². The summed E-state index contributed by atoms with van der Waals surface area (Å²) >= 11 is 0. The molecule has 9 heteroatoms. The summed E-state index contributed by atoms with van der Waals surface area (Å²) < 4.78 is 66.3. The molecular formula is C17H16F3NO4S. The predicted octanol–water partition coefficient (Wildman–Crippen LogP) is 3.32. The van der Waals surface area contributed by atoms with Crippen LogP contribution in [0.3, 0.4) is 0 Å². The molecule has 0 aliphatic heterocycles. The van der Waals surface area contributed by atoms with Gasteiger partial charge in [0.15, 0.2) is 11.6 Å². The first kappa shape index (κ1) is 19.8. The molecule has 0 aromatic heterocycles. The van der Waals surface area contributed by atoms with E-state index in [2.05, 4.69) is 5.32 Å². The van der Waals surface area contributed by atoms with Gasteiger partial charge in [0, 0.05) is 5.56 Å². The van der Waals surface area contributed by atoms with Gasteiger partial charge in [-0.3, -0.25) is 4.79 Å². The Bertz CT molecular complexity index is 899. The Labute approximate surface area is 148 Å². The molecule has 26 heavy (non-hydrogen) atoms. The van der Waals surface area contributed by atoms with Crippen LogP contribution in [0.15, 0.2) is 47.4 Å². The van der Waals surface area contributed by atoms with Crippen molar-refractivity contribution in [3.05, 3.63) is 59.4 Å². The Morgan fingerprint density at radius 3 is 2.23 bits per heavy atom. The van der Waals surface area contributed by atoms with E-state index in [0.29, 0.717) is 5.56 Å². The van der Waals surface area contributed by atoms with Gasteiger partial charge in [-0.15, -0.1) is 0 Å². The molecule has 0 aliphatic carbocycles. The van der Waals surface area contributed by atoms with E-state index >= 15 is 0 Å². The third-order valence-electron chi connectivity index (χ3n) is 3.70. The van der Waals surface area contributed by atoms with Crippen molar-refractivity contribution in [3.63, 3.8) is 0 Å². The highest BCUT2D eigenvalue weighted by Crippen LogP contribution is 2.22. The molecule has 1 amide bonds. The van der Waals surface area contributed by atoms with Gasteiger partial charge in [0.1, 0.15) is 0 Å². The molecular weight excluding hydrogens is 371 g/mol. The molecule has 0 unspecified atom stereocenters. The maximum atomic E-state index is 13.7. The third kappa shape index (κ3) is 4.16. The fraction of sp³-hybridized carbons (Fsp3) is 0.235. The number of halogens is 3. The Morgan fingerprint density at radius 1 is 1.12 bits per heavy atom. The lowest BCUT2D eigenvalue weighted by molar-refractivity contribution is 0.0939. The van der Waals surface area contributed by atoms with Crippen molar-refractivity contribution < 1.29 is 31.1 Å². The van der Waals surface area contributed by atoms with Gasteiger partial charge < -0.3 is 10.1 Å². The number of methoxy groups -OCH3 is 1. The number of carbonyl (C=O) groups excluding carboxylic acids is 1. The molecule has 1 atom stereocenters. The van der Waals surface area contributed by atoms with E-state index < -0.39 is 38.3 Å². The van der Waals surface area contributed by atoms with Crippen molar-refractivity contribution >= 4 is 15.7 Å². The Kier molecular flexibility index (Phi) is 5.91. The fourth-order valence-electron chi connectivity index (χ4n) is 2.21. The molecule has 1 N–H and O–H groups in total. The number of benzene rings is 2. The molecule has 0 saturated heterocycles. The maximum absolute atomic E-state index is 13.7. The SMILES string of the molecule is COc1ccc([C@@H](C)NC(=O)c2ccc(S(=O)(=O)C(F)F)cc2)cc1F. The van der Waals surface area contributed by atoms with Crippen molar-refractivity contribution in [2.75, 3.05) is 7.11 Å². The molecule has 5 nitrogen and oxygen atoms in total. The van der Waals surface area contributed by atoms with Crippen molar-refractivity contribution in [2.24, 2.45) is 0 Å². The fourth-order valence-corrected chi connectivity index (χ4v) is 2.94. The standard InChI is InChI=1S/C17H16F3NO4S/c1-10(12-5-8-15(25-2)14(18)9-12)21-16(22)11-3-6-13(7-4-11)26(23,24)17(19)20/h3-10,17H,1-2H3,(H,21,22)/t10-/m1/s1. The Balaban J connectivity index is 2.13. The lowest BCUT2D eigenvalue weighted by Crippen LogP contribution is -2.26. The molecule has 2 aromatic rings. The van der Waals surface area contributed by atoms with Gasteiger partial charge in [0.2, 0.25) is 9.84 Å². The van der Waals surface area contributed by atoms with Crippen LogP contribution in [0.1, 0.15) is 28.9 Å². The summed E-state index contributed by atoms with van der Waals surface area (Å²) in [5, 5.41) is 2.61. The van der Waals surface area contributed by atoms with Gasteiger partial charge >= 0.3 is 5.76 Å². The van der Waals surface area contributed by atoms with Gasteiger partial charge in [0.25, 0.3) is 5.91 Å². The first-order chi connectivity index (χ1) is 12.2. The minimum absolute atomic E-state index is 0.0723. The molecule has 140 valence electrons. The van der Waals surface area contributed by atoms with E-state index in [1.807, 2.05) is 0 Å². The van der Waals surface area contributed by atoms with Crippen LogP contribution in [-0.2, 0) is 9.84 Å². The second-order valence-electron chi connectivity index (χ2n) is 5.42. The number of carbonyl (C=O) groups is 1. The molecule has 0 heterocycles. The van der Waals surface area contributed by atoms with Crippen LogP contribution in [0.5, 0.6) is 5.75 Å². The van der Waals surface area contributed by atoms with Crippen molar-refractivity contribution in [1.29, 1.82) is 0 Å². The van der Waals surface area contributed by atoms with Crippen LogP contribution >= 0.6 is 0 Å². The van der Waals surface area contributed by atoms with Crippen LogP contribution in [0.2, 0.25) is 0 Å². The van der Waals surface area contributed by atoms with Gasteiger partial charge in [-0.1, -0.05) is 6.07 Å². The zero-order valence-electron chi connectivity index (χ0n) is 13.9. The average molecular weight is 387 g/mol. The van der Waals surface area contributed by atoms with Gasteiger partial charge in [-0.2, -0.15) is 8.78 Å². The minimum Gasteiger partial charge on any atom is -0.494 e. The van der Waals surface area contributed by atoms with Gasteiger partial charge in [-0.05, 0) is 48.9 Å². The van der Waals surface area contributed by atoms with Crippen molar-refractivity contribution in [1.82, 2.24) is 5.32 Å². The smallest absolute Gasteiger partial charge is 0.341 e. The van der Waals surface area contributed by atoms with E-state index in [4.69, 9.17) is 4.74 Å². The molecule has 2 rings (SSSR count). The van der Waals surface area contributed by atoms with E-state index in [9.17, 15) is 26.4 Å². The maximum Gasteiger partial charge on any atom is 0.341 e. The van der Waals surface area contributed by atoms with Crippen LogP contribution in [0.4, 0.5) is 13.2 Å². The largest absolute Gasteiger partial charge is 0.494 e. The third-order valence-corrected chi connectivity index (χ3v) is 5.10. The molecule has 0 spiro atoms. The number of nitrogens with one attached hydrogen (secondary N) is 1. The summed E-state index contributed by atoms with van der Waals surface area (Å²) in [6.07, 6.45) is 0. The van der Waals surface area contributed by atoms with Crippen molar-refractivity contribution in [2.45, 2.75) is 23.6 Å². The van der Waals surface area contributed by atoms with E-state index in [0.717, 1.165) is 24.3 Å². The van der Waals surface area contributed by atoms with Crippen LogP contribution < -0.4 is 10.1 Å². The Hall–Kier alpha value is -2.55. The van der Waals surface area contributed by atoms with Gasteiger partial charge in [-0.25, -0.2) is 12.8 Å². The van der Waals surface area contributed by atoms with E-state index in [1.165, 1.54) is 19.2 Å². The summed E-state index contributed by atoms with van der Waals surface area (Å²) in [7, 11) is -3.38. The molecule has 0 saturated carbocycles. The lowest BCUT2D eigenvalue weighted by atomic mass is 10.1. The second-order valence-corrected chi connectivity index (χ2v) is 7.34. The summed E-state index contributed by atoms with van der Waals surface area (Å²) in [6, 6.07) is 7.83. The molecule has 0 fully saturated rings. The molecule has 0 bridgehead atoms. The summed E-state index contributed by atoms with van der Waals surface area (Å²) in [5.41, 5.74) is 0.576. The number of hydrogen-bond donors (Lipinski definition) is 1.